The van der Waals surface area contributed by atoms with Gasteiger partial charge in [0.05, 0.1) is 10.9 Å². The number of rotatable bonds is 3. The minimum atomic E-state index is -1.20. The van der Waals surface area contributed by atoms with Gasteiger partial charge < -0.3 is 10.2 Å². The first-order valence-electron chi connectivity index (χ1n) is 9.45. The SMILES string of the molecule is Cc1nc2ccc(CNC(=O)N(C)C)cc2c(=O)n1C1(C)CCCC(=O)NC1=O. The third-order valence-electron chi connectivity index (χ3n) is 5.25. The van der Waals surface area contributed by atoms with Crippen LogP contribution in [0.2, 0.25) is 0 Å². The maximum Gasteiger partial charge on any atom is 0.317 e. The largest absolute Gasteiger partial charge is 0.334 e. The minimum absolute atomic E-state index is 0.239. The molecule has 0 bridgehead atoms. The van der Waals surface area contributed by atoms with E-state index in [0.29, 0.717) is 29.6 Å². The summed E-state index contributed by atoms with van der Waals surface area (Å²) >= 11 is 0. The van der Waals surface area contributed by atoms with Crippen molar-refractivity contribution in [2.24, 2.45) is 0 Å². The molecule has 1 aliphatic heterocycles. The first kappa shape index (κ1) is 20.5. The smallest absolute Gasteiger partial charge is 0.317 e. The van der Waals surface area contributed by atoms with Gasteiger partial charge in [-0.3, -0.25) is 24.3 Å². The van der Waals surface area contributed by atoms with Gasteiger partial charge in [0.2, 0.25) is 5.91 Å². The molecule has 9 nitrogen and oxygen atoms in total. The molecule has 4 amide bonds. The number of hydrogen-bond donors (Lipinski definition) is 2. The number of nitrogens with one attached hydrogen (secondary N) is 2. The van der Waals surface area contributed by atoms with Crippen LogP contribution in [0.4, 0.5) is 4.79 Å². The van der Waals surface area contributed by atoms with Gasteiger partial charge in [0.25, 0.3) is 11.5 Å². The van der Waals surface area contributed by atoms with Crippen molar-refractivity contribution < 1.29 is 14.4 Å². The number of aromatic nitrogens is 2. The molecule has 2 N–H and O–H groups in total. The van der Waals surface area contributed by atoms with Gasteiger partial charge in [-0.1, -0.05) is 6.07 Å². The molecule has 1 saturated heterocycles. The standard InChI is InChI=1S/C20H25N5O4/c1-12-22-15-8-7-13(11-21-19(29)24(3)4)10-14(15)17(27)25(12)20(2)9-5-6-16(26)23-18(20)28/h7-8,10H,5-6,9,11H2,1-4H3,(H,21,29)(H,23,26,28). The van der Waals surface area contributed by atoms with Gasteiger partial charge in [0.1, 0.15) is 11.4 Å². The Balaban J connectivity index is 2.07. The monoisotopic (exact) mass is 399 g/mol. The van der Waals surface area contributed by atoms with Gasteiger partial charge in [-0.2, -0.15) is 0 Å². The molecule has 2 aromatic rings. The number of amides is 4. The van der Waals surface area contributed by atoms with Crippen molar-refractivity contribution in [1.29, 1.82) is 0 Å². The van der Waals surface area contributed by atoms with E-state index in [1.165, 1.54) is 9.47 Å². The lowest BCUT2D eigenvalue weighted by Gasteiger charge is -2.30. The summed E-state index contributed by atoms with van der Waals surface area (Å²) in [5, 5.41) is 5.48. The Bertz CT molecular complexity index is 1060. The quantitative estimate of drug-likeness (QED) is 0.748. The topological polar surface area (TPSA) is 113 Å². The second-order valence-corrected chi connectivity index (χ2v) is 7.71. The molecule has 0 aliphatic carbocycles. The van der Waals surface area contributed by atoms with Crippen LogP contribution in [0.25, 0.3) is 10.9 Å². The molecule has 0 saturated carbocycles. The van der Waals surface area contributed by atoms with Crippen molar-refractivity contribution in [3.8, 4) is 0 Å². The van der Waals surface area contributed by atoms with Crippen LogP contribution >= 0.6 is 0 Å². The maximum absolute atomic E-state index is 13.4. The lowest BCUT2D eigenvalue weighted by molar-refractivity contribution is -0.134. The number of carbonyl (C=O) groups excluding carboxylic acids is 3. The van der Waals surface area contributed by atoms with Crippen molar-refractivity contribution in [3.63, 3.8) is 0 Å². The van der Waals surface area contributed by atoms with Crippen LogP contribution in [0.5, 0.6) is 0 Å². The Morgan fingerprint density at radius 2 is 2.03 bits per heavy atom. The number of benzene rings is 1. The van der Waals surface area contributed by atoms with E-state index in [2.05, 4.69) is 15.6 Å². The van der Waals surface area contributed by atoms with E-state index in [0.717, 1.165) is 5.56 Å². The van der Waals surface area contributed by atoms with Crippen LogP contribution in [0.1, 0.15) is 37.6 Å². The van der Waals surface area contributed by atoms with Gasteiger partial charge in [-0.25, -0.2) is 9.78 Å². The molecule has 1 aliphatic rings. The first-order valence-corrected chi connectivity index (χ1v) is 9.45. The molecule has 3 rings (SSSR count). The van der Waals surface area contributed by atoms with Gasteiger partial charge >= 0.3 is 6.03 Å². The molecule has 1 unspecified atom stereocenters. The minimum Gasteiger partial charge on any atom is -0.334 e. The molecule has 1 aromatic heterocycles. The predicted molar refractivity (Wildman–Crippen MR) is 107 cm³/mol. The van der Waals surface area contributed by atoms with Crippen LogP contribution in [-0.4, -0.2) is 46.4 Å². The molecular weight excluding hydrogens is 374 g/mol. The number of imide groups is 1. The van der Waals surface area contributed by atoms with Gasteiger partial charge in [0, 0.05) is 27.1 Å². The highest BCUT2D eigenvalue weighted by Gasteiger charge is 2.40. The number of nitrogens with zero attached hydrogens (tertiary/aromatic N) is 3. The summed E-state index contributed by atoms with van der Waals surface area (Å²) in [5.41, 5.74) is -0.294. The zero-order chi connectivity index (χ0) is 21.3. The fourth-order valence-corrected chi connectivity index (χ4v) is 3.61. The molecule has 1 atom stereocenters. The summed E-state index contributed by atoms with van der Waals surface area (Å²) in [4.78, 5) is 55.5. The van der Waals surface area contributed by atoms with E-state index in [1.807, 2.05) is 0 Å². The molecule has 0 spiro atoms. The normalized spacial score (nSPS) is 19.6. The Kier molecular flexibility index (Phi) is 5.41. The summed E-state index contributed by atoms with van der Waals surface area (Å²) in [6.07, 6.45) is 1.09. The zero-order valence-electron chi connectivity index (χ0n) is 17.0. The fraction of sp³-hybridized carbons (Fsp3) is 0.450. The van der Waals surface area contributed by atoms with Gasteiger partial charge in [-0.15, -0.1) is 0 Å². The molecule has 0 radical (unpaired) electrons. The highest BCUT2D eigenvalue weighted by molar-refractivity contribution is 5.99. The van der Waals surface area contributed by atoms with E-state index in [9.17, 15) is 19.2 Å². The molecule has 154 valence electrons. The first-order chi connectivity index (χ1) is 13.6. The molecule has 1 fully saturated rings. The number of aryl methyl sites for hydroxylation is 1. The van der Waals surface area contributed by atoms with E-state index >= 15 is 0 Å². The van der Waals surface area contributed by atoms with E-state index in [-0.39, 0.29) is 30.5 Å². The van der Waals surface area contributed by atoms with E-state index < -0.39 is 11.4 Å². The van der Waals surface area contributed by atoms with Crippen molar-refractivity contribution in [3.05, 3.63) is 39.9 Å². The van der Waals surface area contributed by atoms with E-state index in [4.69, 9.17) is 0 Å². The summed E-state index contributed by atoms with van der Waals surface area (Å²) in [6, 6.07) is 4.97. The van der Waals surface area contributed by atoms with Gasteiger partial charge in [-0.05, 0) is 44.4 Å². The molecule has 9 heteroatoms. The van der Waals surface area contributed by atoms with Crippen LogP contribution in [0, 0.1) is 6.92 Å². The number of fused-ring (bicyclic) bond motifs is 1. The predicted octanol–water partition coefficient (Wildman–Crippen LogP) is 1.02. The van der Waals surface area contributed by atoms with Crippen molar-refractivity contribution in [1.82, 2.24) is 25.1 Å². The fourth-order valence-electron chi connectivity index (χ4n) is 3.61. The van der Waals surface area contributed by atoms with Gasteiger partial charge in [0.15, 0.2) is 0 Å². The Labute approximate surface area is 168 Å². The number of urea groups is 1. The lowest BCUT2D eigenvalue weighted by Crippen LogP contribution is -2.51. The van der Waals surface area contributed by atoms with Crippen molar-refractivity contribution in [2.45, 2.75) is 45.2 Å². The van der Waals surface area contributed by atoms with Crippen molar-refractivity contribution >= 4 is 28.7 Å². The lowest BCUT2D eigenvalue weighted by atomic mass is 9.94. The number of carbonyl (C=O) groups is 3. The average molecular weight is 399 g/mol. The highest BCUT2D eigenvalue weighted by atomic mass is 16.2. The van der Waals surface area contributed by atoms with Crippen molar-refractivity contribution in [2.75, 3.05) is 14.1 Å². The molecule has 1 aromatic carbocycles. The summed E-state index contributed by atoms with van der Waals surface area (Å²) in [6.45, 7) is 3.59. The maximum atomic E-state index is 13.4. The summed E-state index contributed by atoms with van der Waals surface area (Å²) < 4.78 is 1.38. The summed E-state index contributed by atoms with van der Waals surface area (Å²) in [5.74, 6) is -0.430. The third kappa shape index (κ3) is 3.85. The van der Waals surface area contributed by atoms with Crippen LogP contribution in [-0.2, 0) is 21.7 Å². The van der Waals surface area contributed by atoms with Crippen LogP contribution in [0.3, 0.4) is 0 Å². The number of hydrogen-bond acceptors (Lipinski definition) is 5. The second kappa shape index (κ2) is 7.65. The van der Waals surface area contributed by atoms with Crippen LogP contribution in [0.15, 0.2) is 23.0 Å². The molecule has 29 heavy (non-hydrogen) atoms. The van der Waals surface area contributed by atoms with Crippen LogP contribution < -0.4 is 16.2 Å². The Hall–Kier alpha value is -3.23. The second-order valence-electron chi connectivity index (χ2n) is 7.71. The Morgan fingerprint density at radius 3 is 2.72 bits per heavy atom. The zero-order valence-corrected chi connectivity index (χ0v) is 17.0. The average Bonchev–Trinajstić information content (AvgIpc) is 2.78. The molecule has 2 heterocycles. The third-order valence-corrected chi connectivity index (χ3v) is 5.25. The highest BCUT2D eigenvalue weighted by Crippen LogP contribution is 2.27. The summed E-state index contributed by atoms with van der Waals surface area (Å²) in [7, 11) is 3.29. The molecular formula is C20H25N5O4. The van der Waals surface area contributed by atoms with E-state index in [1.54, 1.807) is 46.1 Å². The Morgan fingerprint density at radius 1 is 1.31 bits per heavy atom.